The van der Waals surface area contributed by atoms with E-state index in [2.05, 4.69) is 19.9 Å². The van der Waals surface area contributed by atoms with Gasteiger partial charge in [-0.05, 0) is 73.5 Å². The lowest BCUT2D eigenvalue weighted by atomic mass is 9.44. The number of nitrogens with zero attached hydrogens (tertiary/aromatic N) is 1. The van der Waals surface area contributed by atoms with E-state index in [1.165, 1.54) is 5.57 Å². The maximum atomic E-state index is 13.3. The maximum Gasteiger partial charge on any atom is 0.137 e. The van der Waals surface area contributed by atoms with E-state index in [9.17, 15) is 9.90 Å². The molecule has 1 N–H and O–H groups in total. The van der Waals surface area contributed by atoms with Crippen LogP contribution in [-0.2, 0) is 4.79 Å². The number of fused-ring (bicyclic) bond motifs is 5. The van der Waals surface area contributed by atoms with Gasteiger partial charge >= 0.3 is 0 Å². The molecule has 0 spiro atoms. The van der Waals surface area contributed by atoms with Crippen molar-refractivity contribution in [2.45, 2.75) is 71.3 Å². The Hall–Kier alpha value is -1.14. The Labute approximate surface area is 145 Å². The third-order valence-electron chi connectivity index (χ3n) is 8.41. The van der Waals surface area contributed by atoms with Crippen LogP contribution in [0.25, 0.3) is 0 Å². The predicted molar refractivity (Wildman–Crippen MR) is 91.8 cm³/mol. The third kappa shape index (κ3) is 2.08. The molecule has 4 aliphatic rings. The molecule has 0 radical (unpaired) electrons. The first kappa shape index (κ1) is 16.3. The lowest BCUT2D eigenvalue weighted by Gasteiger charge is -2.59. The molecule has 0 bridgehead atoms. The minimum absolute atomic E-state index is 0.0780. The average Bonchev–Trinajstić information content (AvgIpc) is 2.84. The molecule has 0 amide bonds. The largest absolute Gasteiger partial charge is 0.393 e. The maximum absolute atomic E-state index is 13.3. The minimum atomic E-state index is -0.166. The van der Waals surface area contributed by atoms with E-state index in [1.807, 2.05) is 0 Å². The molecule has 4 aliphatic carbocycles. The van der Waals surface area contributed by atoms with Crippen LogP contribution in [-0.4, -0.2) is 17.0 Å². The molecule has 4 fully saturated rings. The summed E-state index contributed by atoms with van der Waals surface area (Å²) in [4.78, 5) is 13.3. The Morgan fingerprint density at radius 3 is 2.79 bits per heavy atom. The van der Waals surface area contributed by atoms with Gasteiger partial charge in [-0.25, -0.2) is 0 Å². The van der Waals surface area contributed by atoms with Crippen molar-refractivity contribution in [2.75, 3.05) is 0 Å². The highest BCUT2D eigenvalue weighted by molar-refractivity contribution is 5.85. The summed E-state index contributed by atoms with van der Waals surface area (Å²) in [5.74, 6) is 2.17. The van der Waals surface area contributed by atoms with Crippen molar-refractivity contribution in [3.63, 3.8) is 0 Å². The van der Waals surface area contributed by atoms with E-state index in [4.69, 9.17) is 5.26 Å². The van der Waals surface area contributed by atoms with Gasteiger partial charge in [-0.15, -0.1) is 0 Å². The summed E-state index contributed by atoms with van der Waals surface area (Å²) >= 11 is 0. The molecule has 3 heteroatoms. The van der Waals surface area contributed by atoms with Gasteiger partial charge in [0.05, 0.1) is 12.2 Å². The molecule has 0 saturated heterocycles. The topological polar surface area (TPSA) is 61.1 Å². The number of aliphatic hydroxyl groups is 1. The molecule has 0 unspecified atom stereocenters. The smallest absolute Gasteiger partial charge is 0.137 e. The molecule has 0 aromatic rings. The Balaban J connectivity index is 1.70. The molecule has 0 aromatic heterocycles. The number of nitriles is 1. The van der Waals surface area contributed by atoms with Crippen LogP contribution < -0.4 is 0 Å². The molecule has 0 aromatic carbocycles. The summed E-state index contributed by atoms with van der Waals surface area (Å²) < 4.78 is 0. The summed E-state index contributed by atoms with van der Waals surface area (Å²) in [5.41, 5.74) is 1.22. The fourth-order valence-corrected chi connectivity index (χ4v) is 7.21. The van der Waals surface area contributed by atoms with E-state index in [0.29, 0.717) is 30.0 Å². The highest BCUT2D eigenvalue weighted by Crippen LogP contribution is 2.66. The number of rotatable bonds is 0. The zero-order valence-corrected chi connectivity index (χ0v) is 14.9. The first-order chi connectivity index (χ1) is 11.4. The minimum Gasteiger partial charge on any atom is -0.393 e. The van der Waals surface area contributed by atoms with Crippen LogP contribution in [0.3, 0.4) is 0 Å². The second-order valence-electron chi connectivity index (χ2n) is 9.35. The van der Waals surface area contributed by atoms with Crippen molar-refractivity contribution in [2.24, 2.45) is 34.5 Å². The molecular weight excluding hydrogens is 298 g/mol. The number of aliphatic hydroxyl groups excluding tert-OH is 1. The molecule has 7 atom stereocenters. The molecule has 3 nitrogen and oxygen atoms in total. The van der Waals surface area contributed by atoms with Crippen molar-refractivity contribution in [1.29, 1.82) is 5.26 Å². The van der Waals surface area contributed by atoms with Crippen LogP contribution in [0.4, 0.5) is 0 Å². The van der Waals surface area contributed by atoms with Crippen LogP contribution in [0, 0.1) is 45.8 Å². The first-order valence-electron chi connectivity index (χ1n) is 9.70. The highest BCUT2D eigenvalue weighted by atomic mass is 16.3. The van der Waals surface area contributed by atoms with Gasteiger partial charge in [-0.2, -0.15) is 5.26 Å². The molecule has 0 aliphatic heterocycles. The summed E-state index contributed by atoms with van der Waals surface area (Å²) in [6, 6.07) is 2.21. The second kappa shape index (κ2) is 5.43. The predicted octanol–water partition coefficient (Wildman–Crippen LogP) is 4.02. The standard InChI is InChI=1S/C21H29NO2/c1-20-9-7-15(23)11-14(20)3-5-16-17-6-4-13(8-10-22)21(17,2)12-18(24)19(16)20/h8,14-17,19,23H,3-7,9,11-12H2,1-2H3/b13-8-/t14-,15-,16-,17-,19+,20-,21+/m0/s1. The highest BCUT2D eigenvalue weighted by Gasteiger charge is 2.62. The van der Waals surface area contributed by atoms with Crippen LogP contribution in [0.1, 0.15) is 65.2 Å². The van der Waals surface area contributed by atoms with Gasteiger partial charge in [-0.3, -0.25) is 4.79 Å². The third-order valence-corrected chi connectivity index (χ3v) is 8.41. The monoisotopic (exact) mass is 327 g/mol. The lowest BCUT2D eigenvalue weighted by molar-refractivity contribution is -0.157. The normalized spacial score (nSPS) is 52.3. The molecule has 4 rings (SSSR count). The Bertz CT molecular complexity index is 632. The summed E-state index contributed by atoms with van der Waals surface area (Å²) in [6.07, 6.45) is 9.33. The fourth-order valence-electron chi connectivity index (χ4n) is 7.21. The Kier molecular flexibility index (Phi) is 3.69. The van der Waals surface area contributed by atoms with Crippen molar-refractivity contribution in [3.05, 3.63) is 11.6 Å². The van der Waals surface area contributed by atoms with Crippen LogP contribution in [0.5, 0.6) is 0 Å². The zero-order valence-electron chi connectivity index (χ0n) is 14.9. The number of ketones is 1. The quantitative estimate of drug-likeness (QED) is 0.684. The van der Waals surface area contributed by atoms with E-state index in [0.717, 1.165) is 44.9 Å². The summed E-state index contributed by atoms with van der Waals surface area (Å²) in [5, 5.41) is 19.2. The van der Waals surface area contributed by atoms with Crippen molar-refractivity contribution >= 4 is 5.78 Å². The van der Waals surface area contributed by atoms with Gasteiger partial charge in [0, 0.05) is 18.4 Å². The first-order valence-corrected chi connectivity index (χ1v) is 9.70. The van der Waals surface area contributed by atoms with Crippen molar-refractivity contribution in [3.8, 4) is 6.07 Å². The van der Waals surface area contributed by atoms with Gasteiger partial charge in [-0.1, -0.05) is 19.4 Å². The van der Waals surface area contributed by atoms with Gasteiger partial charge < -0.3 is 5.11 Å². The van der Waals surface area contributed by atoms with Crippen LogP contribution >= 0.6 is 0 Å². The van der Waals surface area contributed by atoms with E-state index >= 15 is 0 Å². The molecule has 130 valence electrons. The number of allylic oxidation sites excluding steroid dienone is 2. The Morgan fingerprint density at radius 2 is 2.04 bits per heavy atom. The van der Waals surface area contributed by atoms with E-state index in [1.54, 1.807) is 6.08 Å². The van der Waals surface area contributed by atoms with E-state index in [-0.39, 0.29) is 22.9 Å². The lowest BCUT2D eigenvalue weighted by Crippen LogP contribution is -2.57. The Morgan fingerprint density at radius 1 is 1.25 bits per heavy atom. The number of carbonyl (C=O) groups is 1. The zero-order chi connectivity index (χ0) is 17.1. The van der Waals surface area contributed by atoms with Crippen molar-refractivity contribution < 1.29 is 9.90 Å². The molecule has 24 heavy (non-hydrogen) atoms. The fraction of sp³-hybridized carbons (Fsp3) is 0.810. The molecular formula is C21H29NO2. The average molecular weight is 327 g/mol. The number of hydrogen-bond donors (Lipinski definition) is 1. The summed E-state index contributed by atoms with van der Waals surface area (Å²) in [6.45, 7) is 4.57. The van der Waals surface area contributed by atoms with Gasteiger partial charge in [0.2, 0.25) is 0 Å². The van der Waals surface area contributed by atoms with Crippen molar-refractivity contribution in [1.82, 2.24) is 0 Å². The van der Waals surface area contributed by atoms with Crippen LogP contribution in [0.15, 0.2) is 11.6 Å². The second-order valence-corrected chi connectivity index (χ2v) is 9.35. The number of carbonyl (C=O) groups excluding carboxylic acids is 1. The van der Waals surface area contributed by atoms with Gasteiger partial charge in [0.1, 0.15) is 5.78 Å². The van der Waals surface area contributed by atoms with Crippen LogP contribution in [0.2, 0.25) is 0 Å². The number of hydrogen-bond acceptors (Lipinski definition) is 3. The van der Waals surface area contributed by atoms with E-state index < -0.39 is 0 Å². The van der Waals surface area contributed by atoms with Gasteiger partial charge in [0.25, 0.3) is 0 Å². The SMILES string of the molecule is C[C@]12CC[C@H](O)C[C@@H]1CC[C@@H]1[C@@H]2C(=O)C[C@]2(C)/C(=C\C#N)CC[C@@H]12. The molecule has 4 saturated carbocycles. The summed E-state index contributed by atoms with van der Waals surface area (Å²) in [7, 11) is 0. The molecule has 0 heterocycles. The number of Topliss-reactive ketones (excluding diaryl/α,β-unsaturated/α-hetero) is 1. The van der Waals surface area contributed by atoms with Gasteiger partial charge in [0.15, 0.2) is 0 Å².